The molecule has 27 heavy (non-hydrogen) atoms. The molecular weight excluding hydrogens is 344 g/mol. The van der Waals surface area contributed by atoms with Gasteiger partial charge in [0.1, 0.15) is 11.9 Å². The molecule has 7 heteroatoms. The lowest BCUT2D eigenvalue weighted by Gasteiger charge is -2.37. The minimum absolute atomic E-state index is 0.138. The van der Waals surface area contributed by atoms with Crippen molar-refractivity contribution in [1.29, 1.82) is 0 Å². The van der Waals surface area contributed by atoms with E-state index in [1.807, 2.05) is 13.1 Å². The number of furan rings is 1. The molecule has 3 aliphatic heterocycles. The minimum atomic E-state index is 0.138. The van der Waals surface area contributed by atoms with Crippen LogP contribution >= 0.6 is 0 Å². The van der Waals surface area contributed by atoms with Crippen molar-refractivity contribution in [3.05, 3.63) is 24.2 Å². The molecule has 0 bridgehead atoms. The highest BCUT2D eigenvalue weighted by molar-refractivity contribution is 5.80. The van der Waals surface area contributed by atoms with Gasteiger partial charge in [0.25, 0.3) is 0 Å². The Balaban J connectivity index is 1.37. The van der Waals surface area contributed by atoms with Gasteiger partial charge in [-0.3, -0.25) is 9.89 Å². The summed E-state index contributed by atoms with van der Waals surface area (Å²) in [5.41, 5.74) is 0. The first-order valence-corrected chi connectivity index (χ1v) is 10.3. The molecule has 0 aromatic carbocycles. The number of ether oxygens (including phenoxy) is 2. The molecular formula is C20H32N4O3. The molecule has 0 spiro atoms. The second-order valence-electron chi connectivity index (χ2n) is 7.61. The third kappa shape index (κ3) is 4.47. The zero-order valence-corrected chi connectivity index (χ0v) is 16.3. The van der Waals surface area contributed by atoms with E-state index in [0.29, 0.717) is 0 Å². The minimum Gasteiger partial charge on any atom is -0.468 e. The van der Waals surface area contributed by atoms with E-state index in [0.717, 1.165) is 70.5 Å². The van der Waals surface area contributed by atoms with Crippen molar-refractivity contribution in [2.45, 2.75) is 43.9 Å². The lowest BCUT2D eigenvalue weighted by Crippen LogP contribution is -2.54. The molecule has 1 aromatic rings. The van der Waals surface area contributed by atoms with Crippen LogP contribution in [0.1, 0.15) is 37.5 Å². The fourth-order valence-corrected chi connectivity index (χ4v) is 4.45. The second kappa shape index (κ2) is 9.08. The number of likely N-dealkylation sites (tertiary alicyclic amines) is 1. The van der Waals surface area contributed by atoms with E-state index in [2.05, 4.69) is 26.2 Å². The summed E-state index contributed by atoms with van der Waals surface area (Å²) >= 11 is 0. The smallest absolute Gasteiger partial charge is 0.193 e. The predicted octanol–water partition coefficient (Wildman–Crippen LogP) is 1.87. The number of hydrogen-bond acceptors (Lipinski definition) is 5. The van der Waals surface area contributed by atoms with Gasteiger partial charge in [0.2, 0.25) is 0 Å². The Morgan fingerprint density at radius 2 is 2.04 bits per heavy atom. The quantitative estimate of drug-likeness (QED) is 0.625. The summed E-state index contributed by atoms with van der Waals surface area (Å²) in [6.45, 7) is 6.32. The molecule has 0 aliphatic carbocycles. The highest BCUT2D eigenvalue weighted by atomic mass is 16.5. The van der Waals surface area contributed by atoms with Crippen LogP contribution in [-0.2, 0) is 9.47 Å². The fraction of sp³-hybridized carbons (Fsp3) is 0.750. The van der Waals surface area contributed by atoms with Crippen molar-refractivity contribution >= 4 is 5.96 Å². The van der Waals surface area contributed by atoms with Gasteiger partial charge < -0.3 is 24.1 Å². The molecule has 0 radical (unpaired) electrons. The first kappa shape index (κ1) is 18.8. The maximum absolute atomic E-state index is 5.98. The number of guanidine groups is 1. The molecule has 3 saturated heterocycles. The summed E-state index contributed by atoms with van der Waals surface area (Å²) in [5, 5.41) is 3.59. The van der Waals surface area contributed by atoms with Crippen LogP contribution in [0.2, 0.25) is 0 Å². The van der Waals surface area contributed by atoms with Gasteiger partial charge >= 0.3 is 0 Å². The molecule has 3 fully saturated rings. The van der Waals surface area contributed by atoms with Gasteiger partial charge in [-0.2, -0.15) is 0 Å². The summed E-state index contributed by atoms with van der Waals surface area (Å²) in [5.74, 6) is 1.97. The number of rotatable bonds is 5. The Hall–Kier alpha value is -1.57. The van der Waals surface area contributed by atoms with E-state index >= 15 is 0 Å². The van der Waals surface area contributed by atoms with E-state index in [1.165, 1.54) is 12.8 Å². The first-order chi connectivity index (χ1) is 13.3. The Morgan fingerprint density at radius 3 is 2.74 bits per heavy atom. The van der Waals surface area contributed by atoms with Gasteiger partial charge in [0, 0.05) is 33.3 Å². The van der Waals surface area contributed by atoms with Crippen LogP contribution in [0.15, 0.2) is 27.8 Å². The van der Waals surface area contributed by atoms with Crippen LogP contribution in [0.3, 0.4) is 0 Å². The molecule has 1 aromatic heterocycles. The Kier molecular flexibility index (Phi) is 6.32. The monoisotopic (exact) mass is 376 g/mol. The lowest BCUT2D eigenvalue weighted by molar-refractivity contribution is -0.0817. The normalized spacial score (nSPS) is 28.6. The van der Waals surface area contributed by atoms with Crippen molar-refractivity contribution in [1.82, 2.24) is 15.1 Å². The van der Waals surface area contributed by atoms with Gasteiger partial charge in [0.15, 0.2) is 5.96 Å². The molecule has 1 N–H and O–H groups in total. The van der Waals surface area contributed by atoms with Crippen molar-refractivity contribution < 1.29 is 13.9 Å². The van der Waals surface area contributed by atoms with Crippen LogP contribution in [0, 0.1) is 0 Å². The average molecular weight is 377 g/mol. The third-order valence-electron chi connectivity index (χ3n) is 5.89. The van der Waals surface area contributed by atoms with Crippen molar-refractivity contribution in [2.24, 2.45) is 4.99 Å². The second-order valence-corrected chi connectivity index (χ2v) is 7.61. The maximum atomic E-state index is 5.98. The third-order valence-corrected chi connectivity index (χ3v) is 5.89. The molecule has 4 heterocycles. The van der Waals surface area contributed by atoms with Crippen molar-refractivity contribution in [2.75, 3.05) is 53.0 Å². The zero-order chi connectivity index (χ0) is 18.5. The van der Waals surface area contributed by atoms with Gasteiger partial charge in [-0.1, -0.05) is 0 Å². The number of morpholine rings is 1. The molecule has 3 aliphatic rings. The molecule has 4 rings (SSSR count). The summed E-state index contributed by atoms with van der Waals surface area (Å²) in [7, 11) is 1.86. The molecule has 150 valence electrons. The largest absolute Gasteiger partial charge is 0.468 e. The van der Waals surface area contributed by atoms with Crippen LogP contribution in [0.4, 0.5) is 0 Å². The fourth-order valence-electron chi connectivity index (χ4n) is 4.45. The van der Waals surface area contributed by atoms with Gasteiger partial charge in [-0.05, 0) is 50.9 Å². The summed E-state index contributed by atoms with van der Waals surface area (Å²) in [6.07, 6.45) is 6.89. The average Bonchev–Trinajstić information content (AvgIpc) is 3.49. The Bertz CT molecular complexity index is 594. The van der Waals surface area contributed by atoms with Gasteiger partial charge in [-0.25, -0.2) is 0 Å². The molecule has 3 unspecified atom stereocenters. The van der Waals surface area contributed by atoms with Crippen molar-refractivity contribution in [3.63, 3.8) is 0 Å². The molecule has 7 nitrogen and oxygen atoms in total. The first-order valence-electron chi connectivity index (χ1n) is 10.3. The standard InChI is InChI=1S/C20H32N4O3/c1-21-20(24-10-13-27-19(15-24)18-7-5-12-26-18)22-14-16(17-6-4-11-25-17)23-8-2-3-9-23/h4,6,11,16,18-19H,2-3,5,7-10,12-15H2,1H3,(H,21,22). The Labute approximate surface area is 161 Å². The number of hydrogen-bond donors (Lipinski definition) is 1. The number of aliphatic imine (C=N–C) groups is 1. The maximum Gasteiger partial charge on any atom is 0.193 e. The van der Waals surface area contributed by atoms with Crippen LogP contribution < -0.4 is 5.32 Å². The molecule has 0 saturated carbocycles. The van der Waals surface area contributed by atoms with Crippen LogP contribution in [0.25, 0.3) is 0 Å². The highest BCUT2D eigenvalue weighted by Gasteiger charge is 2.33. The number of nitrogens with zero attached hydrogens (tertiary/aromatic N) is 3. The predicted molar refractivity (Wildman–Crippen MR) is 104 cm³/mol. The van der Waals surface area contributed by atoms with Gasteiger partial charge in [-0.15, -0.1) is 0 Å². The summed E-state index contributed by atoms with van der Waals surface area (Å²) in [6, 6.07) is 4.30. The van der Waals surface area contributed by atoms with Crippen LogP contribution in [0.5, 0.6) is 0 Å². The van der Waals surface area contributed by atoms with E-state index < -0.39 is 0 Å². The topological polar surface area (TPSA) is 62.5 Å². The van der Waals surface area contributed by atoms with E-state index in [9.17, 15) is 0 Å². The van der Waals surface area contributed by atoms with Crippen LogP contribution in [-0.4, -0.2) is 81.0 Å². The number of nitrogens with one attached hydrogen (secondary N) is 1. The van der Waals surface area contributed by atoms with Crippen molar-refractivity contribution in [3.8, 4) is 0 Å². The van der Waals surface area contributed by atoms with Gasteiger partial charge in [0.05, 0.1) is 25.0 Å². The molecule has 3 atom stereocenters. The van der Waals surface area contributed by atoms with E-state index in [4.69, 9.17) is 13.9 Å². The summed E-state index contributed by atoms with van der Waals surface area (Å²) < 4.78 is 17.6. The SMILES string of the molecule is CN=C(NCC(c1ccco1)N1CCCC1)N1CCOC(C2CCCO2)C1. The summed E-state index contributed by atoms with van der Waals surface area (Å²) in [4.78, 5) is 9.35. The highest BCUT2D eigenvalue weighted by Crippen LogP contribution is 2.25. The zero-order valence-electron chi connectivity index (χ0n) is 16.3. The van der Waals surface area contributed by atoms with E-state index in [-0.39, 0.29) is 18.2 Å². The Morgan fingerprint density at radius 1 is 1.19 bits per heavy atom. The van der Waals surface area contributed by atoms with E-state index in [1.54, 1.807) is 6.26 Å². The molecule has 0 amide bonds. The lowest BCUT2D eigenvalue weighted by atomic mass is 10.1.